The SMILES string of the molecule is CC(=O)c1cc([N+](=O)[O-])cc(Cl)c1C(F)(F)F. The maximum Gasteiger partial charge on any atom is 0.418 e. The third-order valence-corrected chi connectivity index (χ3v) is 2.25. The Morgan fingerprint density at radius 3 is 2.29 bits per heavy atom. The Morgan fingerprint density at radius 1 is 1.41 bits per heavy atom. The van der Waals surface area contributed by atoms with Crippen LogP contribution in [0, 0.1) is 10.1 Å². The number of nitrogens with zero attached hydrogens (tertiary/aromatic N) is 1. The van der Waals surface area contributed by atoms with E-state index in [4.69, 9.17) is 11.6 Å². The van der Waals surface area contributed by atoms with E-state index in [1.54, 1.807) is 0 Å². The van der Waals surface area contributed by atoms with Gasteiger partial charge in [-0.3, -0.25) is 14.9 Å². The average Bonchev–Trinajstić information content (AvgIpc) is 2.13. The van der Waals surface area contributed by atoms with Crippen LogP contribution in [0.3, 0.4) is 0 Å². The van der Waals surface area contributed by atoms with E-state index >= 15 is 0 Å². The Kier molecular flexibility index (Phi) is 3.42. The van der Waals surface area contributed by atoms with Crippen LogP contribution in [0.15, 0.2) is 12.1 Å². The lowest BCUT2D eigenvalue weighted by molar-refractivity contribution is -0.384. The van der Waals surface area contributed by atoms with Gasteiger partial charge in [0.1, 0.15) is 0 Å². The van der Waals surface area contributed by atoms with Crippen LogP contribution >= 0.6 is 11.6 Å². The van der Waals surface area contributed by atoms with Crippen molar-refractivity contribution >= 4 is 23.1 Å². The summed E-state index contributed by atoms with van der Waals surface area (Å²) in [5.74, 6) is -0.942. The number of alkyl halides is 3. The quantitative estimate of drug-likeness (QED) is 0.468. The monoisotopic (exact) mass is 267 g/mol. The zero-order chi connectivity index (χ0) is 13.4. The molecule has 17 heavy (non-hydrogen) atoms. The largest absolute Gasteiger partial charge is 0.418 e. The van der Waals surface area contributed by atoms with Gasteiger partial charge in [-0.1, -0.05) is 11.6 Å². The fraction of sp³-hybridized carbons (Fsp3) is 0.222. The molecule has 0 aliphatic rings. The Morgan fingerprint density at radius 2 is 1.94 bits per heavy atom. The highest BCUT2D eigenvalue weighted by Gasteiger charge is 2.38. The van der Waals surface area contributed by atoms with Gasteiger partial charge in [0.25, 0.3) is 5.69 Å². The summed E-state index contributed by atoms with van der Waals surface area (Å²) in [6.45, 7) is 0.880. The maximum atomic E-state index is 12.6. The number of non-ortho nitro benzene ring substituents is 1. The van der Waals surface area contributed by atoms with Crippen molar-refractivity contribution < 1.29 is 22.9 Å². The molecule has 4 nitrogen and oxygen atoms in total. The van der Waals surface area contributed by atoms with Crippen LogP contribution in [0.1, 0.15) is 22.8 Å². The van der Waals surface area contributed by atoms with Crippen molar-refractivity contribution in [2.45, 2.75) is 13.1 Å². The van der Waals surface area contributed by atoms with E-state index in [0.29, 0.717) is 12.1 Å². The van der Waals surface area contributed by atoms with Crippen LogP contribution in [0.25, 0.3) is 0 Å². The van der Waals surface area contributed by atoms with E-state index in [9.17, 15) is 28.1 Å². The van der Waals surface area contributed by atoms with Crippen LogP contribution in [-0.2, 0) is 6.18 Å². The molecular formula is C9H5ClF3NO3. The molecule has 0 saturated carbocycles. The lowest BCUT2D eigenvalue weighted by atomic mass is 10.0. The molecule has 1 aromatic rings. The van der Waals surface area contributed by atoms with E-state index < -0.39 is 38.7 Å². The first-order valence-corrected chi connectivity index (χ1v) is 4.58. The Labute approximate surface area is 98.1 Å². The molecule has 1 aromatic carbocycles. The molecule has 0 bridgehead atoms. The van der Waals surface area contributed by atoms with Crippen LogP contribution in [0.2, 0.25) is 5.02 Å². The molecule has 0 amide bonds. The first kappa shape index (κ1) is 13.4. The van der Waals surface area contributed by atoms with Crippen molar-refractivity contribution in [1.82, 2.24) is 0 Å². The zero-order valence-corrected chi connectivity index (χ0v) is 9.09. The molecule has 0 N–H and O–H groups in total. The summed E-state index contributed by atoms with van der Waals surface area (Å²) in [6, 6.07) is 1.13. The van der Waals surface area contributed by atoms with Crippen molar-refractivity contribution in [3.05, 3.63) is 38.4 Å². The van der Waals surface area contributed by atoms with E-state index in [-0.39, 0.29) is 0 Å². The number of halogens is 4. The van der Waals surface area contributed by atoms with Gasteiger partial charge in [0.15, 0.2) is 5.78 Å². The maximum absolute atomic E-state index is 12.6. The minimum Gasteiger partial charge on any atom is -0.294 e. The molecule has 0 saturated heterocycles. The van der Waals surface area contributed by atoms with E-state index in [2.05, 4.69) is 0 Å². The van der Waals surface area contributed by atoms with Crippen molar-refractivity contribution in [2.75, 3.05) is 0 Å². The lowest BCUT2D eigenvalue weighted by Gasteiger charge is -2.12. The van der Waals surface area contributed by atoms with E-state index in [0.717, 1.165) is 6.92 Å². The number of hydrogen-bond acceptors (Lipinski definition) is 3. The van der Waals surface area contributed by atoms with Gasteiger partial charge in [-0.05, 0) is 6.92 Å². The number of rotatable bonds is 2. The molecule has 0 aromatic heterocycles. The predicted molar refractivity (Wildman–Crippen MR) is 53.1 cm³/mol. The van der Waals surface area contributed by atoms with Crippen LogP contribution in [-0.4, -0.2) is 10.7 Å². The van der Waals surface area contributed by atoms with Gasteiger partial charge in [-0.15, -0.1) is 0 Å². The number of Topliss-reactive ketones (excluding diaryl/α,β-unsaturated/α-hetero) is 1. The summed E-state index contributed by atoms with van der Waals surface area (Å²) in [6.07, 6.45) is -4.84. The summed E-state index contributed by atoms with van der Waals surface area (Å²) in [4.78, 5) is 20.6. The number of carbonyl (C=O) groups excluding carboxylic acids is 1. The molecule has 0 fully saturated rings. The van der Waals surface area contributed by atoms with Gasteiger partial charge >= 0.3 is 6.18 Å². The number of ketones is 1. The fourth-order valence-electron chi connectivity index (χ4n) is 1.26. The van der Waals surface area contributed by atoms with Crippen molar-refractivity contribution in [2.24, 2.45) is 0 Å². The van der Waals surface area contributed by atoms with Crippen LogP contribution < -0.4 is 0 Å². The lowest BCUT2D eigenvalue weighted by Crippen LogP contribution is -2.13. The Balaban J connectivity index is 3.61. The molecule has 0 heterocycles. The molecule has 8 heteroatoms. The molecule has 0 aliphatic heterocycles. The van der Waals surface area contributed by atoms with Crippen LogP contribution in [0.5, 0.6) is 0 Å². The second kappa shape index (κ2) is 4.33. The van der Waals surface area contributed by atoms with E-state index in [1.165, 1.54) is 0 Å². The van der Waals surface area contributed by atoms with E-state index in [1.807, 2.05) is 0 Å². The Hall–Kier alpha value is -1.63. The summed E-state index contributed by atoms with van der Waals surface area (Å²) in [5.41, 5.74) is -2.82. The first-order valence-electron chi connectivity index (χ1n) is 4.20. The summed E-state index contributed by atoms with van der Waals surface area (Å²) >= 11 is 5.33. The highest BCUT2D eigenvalue weighted by Crippen LogP contribution is 2.39. The molecule has 0 unspecified atom stereocenters. The van der Waals surface area contributed by atoms with Gasteiger partial charge in [0.05, 0.1) is 15.5 Å². The smallest absolute Gasteiger partial charge is 0.294 e. The van der Waals surface area contributed by atoms with Gasteiger partial charge < -0.3 is 0 Å². The number of nitro benzene ring substituents is 1. The normalized spacial score (nSPS) is 11.4. The molecule has 0 spiro atoms. The molecular weight excluding hydrogens is 263 g/mol. The molecule has 0 atom stereocenters. The Bertz CT molecular complexity index is 499. The minimum atomic E-state index is -4.84. The second-order valence-corrected chi connectivity index (χ2v) is 3.57. The summed E-state index contributed by atoms with van der Waals surface area (Å²) < 4.78 is 37.8. The summed E-state index contributed by atoms with van der Waals surface area (Å²) in [5, 5.41) is 9.58. The van der Waals surface area contributed by atoms with Gasteiger partial charge in [0.2, 0.25) is 0 Å². The zero-order valence-electron chi connectivity index (χ0n) is 8.34. The average molecular weight is 268 g/mol. The second-order valence-electron chi connectivity index (χ2n) is 3.16. The highest BCUT2D eigenvalue weighted by atomic mass is 35.5. The highest BCUT2D eigenvalue weighted by molar-refractivity contribution is 6.32. The topological polar surface area (TPSA) is 60.2 Å². The predicted octanol–water partition coefficient (Wildman–Crippen LogP) is 3.47. The summed E-state index contributed by atoms with van der Waals surface area (Å²) in [7, 11) is 0. The van der Waals surface area contributed by atoms with Gasteiger partial charge in [0, 0.05) is 17.7 Å². The number of hydrogen-bond donors (Lipinski definition) is 0. The van der Waals surface area contributed by atoms with Crippen molar-refractivity contribution in [1.29, 1.82) is 0 Å². The van der Waals surface area contributed by atoms with Crippen LogP contribution in [0.4, 0.5) is 18.9 Å². The van der Waals surface area contributed by atoms with Crippen molar-refractivity contribution in [3.63, 3.8) is 0 Å². The first-order chi connectivity index (χ1) is 7.64. The van der Waals surface area contributed by atoms with Gasteiger partial charge in [-0.25, -0.2) is 0 Å². The third-order valence-electron chi connectivity index (χ3n) is 1.95. The number of nitro groups is 1. The third kappa shape index (κ3) is 2.73. The number of benzene rings is 1. The molecule has 0 aliphatic carbocycles. The standard InChI is InChI=1S/C9H5ClF3NO3/c1-4(15)6-2-5(14(16)17)3-7(10)8(6)9(11,12)13/h2-3H,1H3. The number of carbonyl (C=O) groups is 1. The molecule has 1 rings (SSSR count). The van der Waals surface area contributed by atoms with Crippen molar-refractivity contribution in [3.8, 4) is 0 Å². The molecule has 0 radical (unpaired) electrons. The fourth-order valence-corrected chi connectivity index (χ4v) is 1.58. The minimum absolute atomic E-state index is 0.566. The molecule has 92 valence electrons. The van der Waals surface area contributed by atoms with Gasteiger partial charge in [-0.2, -0.15) is 13.2 Å².